The first kappa shape index (κ1) is 15.4. The normalized spacial score (nSPS) is 25.7. The molecule has 0 spiro atoms. The Labute approximate surface area is 125 Å². The predicted molar refractivity (Wildman–Crippen MR) is 78.7 cm³/mol. The fourth-order valence-corrected chi connectivity index (χ4v) is 6.24. The summed E-state index contributed by atoms with van der Waals surface area (Å²) in [6, 6.07) is 1.65. The lowest BCUT2D eigenvalue weighted by atomic mass is 10.3. The first-order valence-electron chi connectivity index (χ1n) is 5.98. The van der Waals surface area contributed by atoms with Crippen molar-refractivity contribution in [2.24, 2.45) is 5.73 Å². The minimum absolute atomic E-state index is 0.0927. The first-order valence-corrected chi connectivity index (χ1v) is 9.03. The van der Waals surface area contributed by atoms with Gasteiger partial charge in [0.05, 0.1) is 16.0 Å². The molecule has 0 unspecified atom stereocenters. The number of thiophene rings is 1. The zero-order valence-corrected chi connectivity index (χ0v) is 14.0. The molecule has 2 atom stereocenters. The molecule has 1 aromatic heterocycles. The van der Waals surface area contributed by atoms with E-state index >= 15 is 0 Å². The fraction of sp³-hybridized carbons (Fsp3) is 0.636. The van der Waals surface area contributed by atoms with Crippen molar-refractivity contribution in [1.29, 1.82) is 0 Å². The SMILES string of the molecule is C[C@@H]1CN(S(=O)(=O)c2cc(CN)sc2Br)C[C@H](C)O1. The van der Waals surface area contributed by atoms with Gasteiger partial charge in [-0.1, -0.05) is 0 Å². The van der Waals surface area contributed by atoms with Crippen LogP contribution in [0.2, 0.25) is 0 Å². The van der Waals surface area contributed by atoms with Gasteiger partial charge in [0, 0.05) is 24.5 Å². The summed E-state index contributed by atoms with van der Waals surface area (Å²) >= 11 is 4.68. The Balaban J connectivity index is 2.33. The van der Waals surface area contributed by atoms with Gasteiger partial charge in [-0.3, -0.25) is 0 Å². The summed E-state index contributed by atoms with van der Waals surface area (Å²) in [5.74, 6) is 0. The van der Waals surface area contributed by atoms with Crippen molar-refractivity contribution in [2.45, 2.75) is 37.5 Å². The van der Waals surface area contributed by atoms with Crippen molar-refractivity contribution in [3.05, 3.63) is 14.7 Å². The molecular weight excluding hydrogens is 352 g/mol. The van der Waals surface area contributed by atoms with Gasteiger partial charge in [-0.25, -0.2) is 8.42 Å². The lowest BCUT2D eigenvalue weighted by Crippen LogP contribution is -2.48. The average Bonchev–Trinajstić information content (AvgIpc) is 2.70. The molecular formula is C11H17BrN2O3S2. The number of sulfonamides is 1. The van der Waals surface area contributed by atoms with E-state index in [9.17, 15) is 8.42 Å². The van der Waals surface area contributed by atoms with Crippen molar-refractivity contribution in [2.75, 3.05) is 13.1 Å². The van der Waals surface area contributed by atoms with E-state index in [0.29, 0.717) is 28.3 Å². The monoisotopic (exact) mass is 368 g/mol. The summed E-state index contributed by atoms with van der Waals surface area (Å²) in [7, 11) is -3.49. The lowest BCUT2D eigenvalue weighted by molar-refractivity contribution is -0.0440. The van der Waals surface area contributed by atoms with E-state index in [1.165, 1.54) is 15.6 Å². The van der Waals surface area contributed by atoms with Gasteiger partial charge in [-0.2, -0.15) is 4.31 Å². The molecule has 0 aliphatic carbocycles. The zero-order valence-electron chi connectivity index (χ0n) is 10.8. The molecule has 2 rings (SSSR count). The predicted octanol–water partition coefficient (Wildman–Crippen LogP) is 1.77. The van der Waals surface area contributed by atoms with Crippen molar-refractivity contribution < 1.29 is 13.2 Å². The molecule has 0 amide bonds. The second-order valence-electron chi connectivity index (χ2n) is 4.63. The Morgan fingerprint density at radius 2 is 2.05 bits per heavy atom. The number of hydrogen-bond donors (Lipinski definition) is 1. The van der Waals surface area contributed by atoms with Crippen molar-refractivity contribution in [3.8, 4) is 0 Å². The van der Waals surface area contributed by atoms with Crippen LogP contribution >= 0.6 is 27.3 Å². The van der Waals surface area contributed by atoms with E-state index in [1.807, 2.05) is 13.8 Å². The van der Waals surface area contributed by atoms with Gasteiger partial charge >= 0.3 is 0 Å². The summed E-state index contributed by atoms with van der Waals surface area (Å²) in [4.78, 5) is 1.15. The third-order valence-corrected chi connectivity index (χ3v) is 7.02. The van der Waals surface area contributed by atoms with Crippen LogP contribution in [0.15, 0.2) is 14.7 Å². The summed E-state index contributed by atoms with van der Waals surface area (Å²) < 4.78 is 32.9. The summed E-state index contributed by atoms with van der Waals surface area (Å²) in [6.07, 6.45) is -0.185. The van der Waals surface area contributed by atoms with Gasteiger partial charge in [0.2, 0.25) is 10.0 Å². The molecule has 0 aromatic carbocycles. The molecule has 108 valence electrons. The maximum atomic E-state index is 12.6. The molecule has 0 radical (unpaired) electrons. The fourth-order valence-electron chi connectivity index (χ4n) is 2.14. The molecule has 0 saturated carbocycles. The largest absolute Gasteiger partial charge is 0.373 e. The number of halogens is 1. The van der Waals surface area contributed by atoms with Crippen LogP contribution in [0.25, 0.3) is 0 Å². The Hall–Kier alpha value is 0.01000. The highest BCUT2D eigenvalue weighted by atomic mass is 79.9. The number of ether oxygens (including phenoxy) is 1. The smallest absolute Gasteiger partial charge is 0.245 e. The van der Waals surface area contributed by atoms with Gasteiger partial charge in [0.15, 0.2) is 0 Å². The molecule has 1 aromatic rings. The van der Waals surface area contributed by atoms with Crippen LogP contribution in [0.3, 0.4) is 0 Å². The third kappa shape index (κ3) is 3.20. The van der Waals surface area contributed by atoms with Gasteiger partial charge in [-0.15, -0.1) is 11.3 Å². The number of rotatable bonds is 3. The molecule has 1 fully saturated rings. The molecule has 0 bridgehead atoms. The van der Waals surface area contributed by atoms with E-state index in [0.717, 1.165) is 4.88 Å². The molecule has 5 nitrogen and oxygen atoms in total. The Kier molecular flexibility index (Phi) is 4.69. The molecule has 2 heterocycles. The average molecular weight is 369 g/mol. The Morgan fingerprint density at radius 3 is 2.53 bits per heavy atom. The number of morpholine rings is 1. The van der Waals surface area contributed by atoms with E-state index in [1.54, 1.807) is 6.07 Å². The van der Waals surface area contributed by atoms with Gasteiger partial charge in [0.25, 0.3) is 0 Å². The Morgan fingerprint density at radius 1 is 1.47 bits per heavy atom. The van der Waals surface area contributed by atoms with Gasteiger partial charge in [-0.05, 0) is 35.8 Å². The zero-order chi connectivity index (χ0) is 14.2. The molecule has 1 saturated heterocycles. The maximum absolute atomic E-state index is 12.6. The minimum Gasteiger partial charge on any atom is -0.373 e. The van der Waals surface area contributed by atoms with E-state index in [-0.39, 0.29) is 12.2 Å². The van der Waals surface area contributed by atoms with Crippen molar-refractivity contribution in [3.63, 3.8) is 0 Å². The van der Waals surface area contributed by atoms with Crippen LogP contribution in [-0.2, 0) is 21.3 Å². The Bertz CT molecular complexity index is 548. The van der Waals surface area contributed by atoms with E-state index < -0.39 is 10.0 Å². The second kappa shape index (κ2) is 5.79. The van der Waals surface area contributed by atoms with Crippen LogP contribution < -0.4 is 5.73 Å². The first-order chi connectivity index (χ1) is 8.84. The van der Waals surface area contributed by atoms with E-state index in [2.05, 4.69) is 15.9 Å². The summed E-state index contributed by atoms with van der Waals surface area (Å²) in [5, 5.41) is 0. The van der Waals surface area contributed by atoms with Crippen molar-refractivity contribution >= 4 is 37.3 Å². The standard InChI is InChI=1S/C11H17BrN2O3S2/c1-7-5-14(6-8(2)17-7)19(15,16)10-3-9(4-13)18-11(10)12/h3,7-8H,4-6,13H2,1-2H3/t7-,8+. The second-order valence-corrected chi connectivity index (χ2v) is 9.00. The summed E-state index contributed by atoms with van der Waals surface area (Å²) in [5.41, 5.74) is 5.56. The summed E-state index contributed by atoms with van der Waals surface area (Å²) in [6.45, 7) is 4.87. The van der Waals surface area contributed by atoms with Crippen LogP contribution in [0.4, 0.5) is 0 Å². The molecule has 8 heteroatoms. The van der Waals surface area contributed by atoms with Crippen molar-refractivity contribution in [1.82, 2.24) is 4.31 Å². The quantitative estimate of drug-likeness (QED) is 0.882. The third-order valence-electron chi connectivity index (χ3n) is 2.91. The number of hydrogen-bond acceptors (Lipinski definition) is 5. The van der Waals surface area contributed by atoms with Gasteiger partial charge in [0.1, 0.15) is 4.90 Å². The number of nitrogens with two attached hydrogens (primary N) is 1. The van der Waals surface area contributed by atoms with Crippen LogP contribution in [-0.4, -0.2) is 38.0 Å². The minimum atomic E-state index is -3.49. The van der Waals surface area contributed by atoms with E-state index in [4.69, 9.17) is 10.5 Å². The topological polar surface area (TPSA) is 72.6 Å². The van der Waals surface area contributed by atoms with Crippen LogP contribution in [0.1, 0.15) is 18.7 Å². The molecule has 1 aliphatic heterocycles. The molecule has 1 aliphatic rings. The molecule has 2 N–H and O–H groups in total. The molecule has 19 heavy (non-hydrogen) atoms. The van der Waals surface area contributed by atoms with Crippen LogP contribution in [0.5, 0.6) is 0 Å². The maximum Gasteiger partial charge on any atom is 0.245 e. The highest BCUT2D eigenvalue weighted by molar-refractivity contribution is 9.11. The number of nitrogens with zero attached hydrogens (tertiary/aromatic N) is 1. The highest BCUT2D eigenvalue weighted by Crippen LogP contribution is 2.34. The van der Waals surface area contributed by atoms with Crippen LogP contribution in [0, 0.1) is 0 Å². The van der Waals surface area contributed by atoms with Gasteiger partial charge < -0.3 is 10.5 Å². The lowest BCUT2D eigenvalue weighted by Gasteiger charge is -2.34. The highest BCUT2D eigenvalue weighted by Gasteiger charge is 2.34.